The highest BCUT2D eigenvalue weighted by molar-refractivity contribution is 7.92. The van der Waals surface area contributed by atoms with Crippen molar-refractivity contribution in [2.75, 3.05) is 4.72 Å². The van der Waals surface area contributed by atoms with Crippen molar-refractivity contribution in [3.8, 4) is 0 Å². The molecule has 0 fully saturated rings. The predicted molar refractivity (Wildman–Crippen MR) is 113 cm³/mol. The Morgan fingerprint density at radius 3 is 2.41 bits per heavy atom. The second-order valence-electron chi connectivity index (χ2n) is 7.08. The van der Waals surface area contributed by atoms with Gasteiger partial charge in [0.1, 0.15) is 11.3 Å². The standard InChI is InChI=1S/C22H16ClNO4S/c23-13-8-10-14(11-9-13)29(26,27)24-18-12-17-21-19(25)6-3-7-20(21)28-22(17)16-5-2-1-4-15(16)18/h1-2,4-5,8-12,24H,3,6-7H2. The molecule has 1 aromatic heterocycles. The van der Waals surface area contributed by atoms with E-state index in [1.165, 1.54) is 24.3 Å². The molecule has 7 heteroatoms. The van der Waals surface area contributed by atoms with E-state index >= 15 is 0 Å². The van der Waals surface area contributed by atoms with Crippen molar-refractivity contribution in [2.45, 2.75) is 24.2 Å². The molecular formula is C22H16ClNO4S. The lowest BCUT2D eigenvalue weighted by Crippen LogP contribution is -2.13. The van der Waals surface area contributed by atoms with Gasteiger partial charge in [-0.05, 0) is 36.8 Å². The van der Waals surface area contributed by atoms with Gasteiger partial charge in [-0.15, -0.1) is 0 Å². The van der Waals surface area contributed by atoms with Gasteiger partial charge in [-0.25, -0.2) is 8.42 Å². The van der Waals surface area contributed by atoms with E-state index < -0.39 is 10.0 Å². The molecule has 5 nitrogen and oxygen atoms in total. The lowest BCUT2D eigenvalue weighted by molar-refractivity contribution is 0.0971. The molecule has 0 unspecified atom stereocenters. The van der Waals surface area contributed by atoms with Gasteiger partial charge in [0.25, 0.3) is 10.0 Å². The number of ketones is 1. The van der Waals surface area contributed by atoms with E-state index in [9.17, 15) is 13.2 Å². The number of halogens is 1. The third-order valence-electron chi connectivity index (χ3n) is 5.22. The van der Waals surface area contributed by atoms with Crippen molar-refractivity contribution in [3.63, 3.8) is 0 Å². The minimum atomic E-state index is -3.83. The molecule has 1 heterocycles. The molecule has 0 amide bonds. The smallest absolute Gasteiger partial charge is 0.261 e. The van der Waals surface area contributed by atoms with Gasteiger partial charge in [0.05, 0.1) is 16.1 Å². The molecule has 1 N–H and O–H groups in total. The number of carbonyl (C=O) groups is 1. The first-order chi connectivity index (χ1) is 13.9. The Balaban J connectivity index is 1.73. The molecule has 0 saturated heterocycles. The molecule has 1 aliphatic rings. The van der Waals surface area contributed by atoms with Gasteiger partial charge < -0.3 is 4.42 Å². The number of Topliss-reactive ketones (excluding diaryl/α,β-unsaturated/α-hetero) is 1. The van der Waals surface area contributed by atoms with Crippen molar-refractivity contribution in [1.82, 2.24) is 0 Å². The minimum absolute atomic E-state index is 0.0341. The Morgan fingerprint density at radius 2 is 1.66 bits per heavy atom. The number of benzene rings is 3. The van der Waals surface area contributed by atoms with Crippen LogP contribution in [0.4, 0.5) is 5.69 Å². The largest absolute Gasteiger partial charge is 0.460 e. The summed E-state index contributed by atoms with van der Waals surface area (Å²) in [5.41, 5.74) is 1.60. The molecule has 0 saturated carbocycles. The van der Waals surface area contributed by atoms with Crippen LogP contribution in [-0.2, 0) is 16.4 Å². The fraction of sp³-hybridized carbons (Fsp3) is 0.136. The highest BCUT2D eigenvalue weighted by atomic mass is 35.5. The molecule has 3 aromatic carbocycles. The Bertz CT molecular complexity index is 1390. The zero-order valence-electron chi connectivity index (χ0n) is 15.2. The summed E-state index contributed by atoms with van der Waals surface area (Å²) < 4.78 is 34.6. The summed E-state index contributed by atoms with van der Waals surface area (Å²) in [6, 6.07) is 15.1. The zero-order chi connectivity index (χ0) is 20.2. The van der Waals surface area contributed by atoms with E-state index in [-0.39, 0.29) is 10.7 Å². The van der Waals surface area contributed by atoms with Crippen LogP contribution in [-0.4, -0.2) is 14.2 Å². The summed E-state index contributed by atoms with van der Waals surface area (Å²) in [6.45, 7) is 0. The molecule has 0 aliphatic heterocycles. The van der Waals surface area contributed by atoms with E-state index in [2.05, 4.69) is 4.72 Å². The second-order valence-corrected chi connectivity index (χ2v) is 9.20. The SMILES string of the molecule is O=C1CCCc2oc3c(cc(NS(=O)(=O)c4ccc(Cl)cc4)c4ccccc43)c21. The number of carbonyl (C=O) groups excluding carboxylic acids is 1. The van der Waals surface area contributed by atoms with E-state index in [4.69, 9.17) is 16.0 Å². The molecule has 5 rings (SSSR count). The van der Waals surface area contributed by atoms with E-state index in [0.29, 0.717) is 51.2 Å². The van der Waals surface area contributed by atoms with Gasteiger partial charge in [-0.1, -0.05) is 35.9 Å². The third-order valence-corrected chi connectivity index (χ3v) is 6.86. The molecule has 1 aliphatic carbocycles. The number of sulfonamides is 1. The van der Waals surface area contributed by atoms with Gasteiger partial charge in [-0.2, -0.15) is 0 Å². The summed E-state index contributed by atoms with van der Waals surface area (Å²) in [7, 11) is -3.83. The van der Waals surface area contributed by atoms with Gasteiger partial charge in [0, 0.05) is 34.0 Å². The quantitative estimate of drug-likeness (QED) is 0.466. The Kier molecular flexibility index (Phi) is 4.15. The maximum atomic E-state index is 12.9. The number of nitrogens with one attached hydrogen (secondary N) is 1. The molecule has 0 spiro atoms. The average molecular weight is 426 g/mol. The Hall–Kier alpha value is -2.83. The number of rotatable bonds is 3. The van der Waals surface area contributed by atoms with Crippen molar-refractivity contribution in [1.29, 1.82) is 0 Å². The highest BCUT2D eigenvalue weighted by Gasteiger charge is 2.27. The van der Waals surface area contributed by atoms with Crippen LogP contribution in [0.15, 0.2) is 63.9 Å². The summed E-state index contributed by atoms with van der Waals surface area (Å²) >= 11 is 5.88. The first-order valence-electron chi connectivity index (χ1n) is 9.23. The van der Waals surface area contributed by atoms with Gasteiger partial charge in [-0.3, -0.25) is 9.52 Å². The number of aryl methyl sites for hydroxylation is 1. The van der Waals surface area contributed by atoms with E-state index in [1.807, 2.05) is 24.3 Å². The topological polar surface area (TPSA) is 76.4 Å². The highest BCUT2D eigenvalue weighted by Crippen LogP contribution is 2.39. The maximum Gasteiger partial charge on any atom is 0.261 e. The van der Waals surface area contributed by atoms with Crippen LogP contribution in [0.5, 0.6) is 0 Å². The van der Waals surface area contributed by atoms with Crippen molar-refractivity contribution < 1.29 is 17.6 Å². The van der Waals surface area contributed by atoms with E-state index in [0.717, 1.165) is 11.8 Å². The van der Waals surface area contributed by atoms with Crippen LogP contribution < -0.4 is 4.72 Å². The van der Waals surface area contributed by atoms with Crippen LogP contribution in [0, 0.1) is 0 Å². The minimum Gasteiger partial charge on any atom is -0.460 e. The van der Waals surface area contributed by atoms with Gasteiger partial charge in [0.2, 0.25) is 0 Å². The van der Waals surface area contributed by atoms with Crippen LogP contribution in [0.3, 0.4) is 0 Å². The van der Waals surface area contributed by atoms with Gasteiger partial charge in [0.15, 0.2) is 5.78 Å². The first-order valence-corrected chi connectivity index (χ1v) is 11.1. The molecule has 0 radical (unpaired) electrons. The summed E-state index contributed by atoms with van der Waals surface area (Å²) in [6.07, 6.45) is 1.94. The monoisotopic (exact) mass is 425 g/mol. The van der Waals surface area contributed by atoms with Crippen LogP contribution in [0.25, 0.3) is 21.7 Å². The predicted octanol–water partition coefficient (Wildman–Crippen LogP) is 5.56. The molecule has 0 bridgehead atoms. The Labute approximate surface area is 172 Å². The maximum absolute atomic E-state index is 12.9. The molecule has 29 heavy (non-hydrogen) atoms. The van der Waals surface area contributed by atoms with Crippen LogP contribution >= 0.6 is 11.6 Å². The molecule has 4 aromatic rings. The number of anilines is 1. The van der Waals surface area contributed by atoms with Gasteiger partial charge >= 0.3 is 0 Å². The normalized spacial score (nSPS) is 14.3. The zero-order valence-corrected chi connectivity index (χ0v) is 16.8. The second kappa shape index (κ2) is 6.61. The summed E-state index contributed by atoms with van der Waals surface area (Å²) in [5.74, 6) is 0.714. The lowest BCUT2D eigenvalue weighted by atomic mass is 9.93. The first kappa shape index (κ1) is 18.2. The number of fused-ring (bicyclic) bond motifs is 5. The van der Waals surface area contributed by atoms with Crippen molar-refractivity contribution in [3.05, 3.63) is 70.9 Å². The number of hydrogen-bond donors (Lipinski definition) is 1. The number of furan rings is 1. The Morgan fingerprint density at radius 1 is 0.931 bits per heavy atom. The molecule has 146 valence electrons. The lowest BCUT2D eigenvalue weighted by Gasteiger charge is -2.12. The van der Waals surface area contributed by atoms with Crippen molar-refractivity contribution in [2.24, 2.45) is 0 Å². The molecule has 0 atom stereocenters. The van der Waals surface area contributed by atoms with Crippen LogP contribution in [0.1, 0.15) is 29.0 Å². The van der Waals surface area contributed by atoms with E-state index in [1.54, 1.807) is 6.07 Å². The number of hydrogen-bond acceptors (Lipinski definition) is 4. The summed E-state index contributed by atoms with van der Waals surface area (Å²) in [4.78, 5) is 12.6. The van der Waals surface area contributed by atoms with Crippen LogP contribution in [0.2, 0.25) is 5.02 Å². The third kappa shape index (κ3) is 2.99. The molecular weight excluding hydrogens is 410 g/mol. The average Bonchev–Trinajstić information content (AvgIpc) is 3.08. The fourth-order valence-corrected chi connectivity index (χ4v) is 5.08. The summed E-state index contributed by atoms with van der Waals surface area (Å²) in [5, 5.41) is 2.58. The van der Waals surface area contributed by atoms with Crippen molar-refractivity contribution >= 4 is 54.8 Å². The fourth-order valence-electron chi connectivity index (χ4n) is 3.89.